The van der Waals surface area contributed by atoms with Crippen LogP contribution < -0.4 is 19.7 Å². The van der Waals surface area contributed by atoms with Crippen LogP contribution in [0.1, 0.15) is 32.9 Å². The largest absolute Gasteiger partial charge is 0.493 e. The van der Waals surface area contributed by atoms with Crippen molar-refractivity contribution in [2.45, 2.75) is 70.0 Å². The molecule has 1 fully saturated rings. The lowest BCUT2D eigenvalue weighted by Gasteiger charge is -2.43. The van der Waals surface area contributed by atoms with Crippen molar-refractivity contribution in [2.24, 2.45) is 0 Å². The molecule has 0 radical (unpaired) electrons. The van der Waals surface area contributed by atoms with Crippen molar-refractivity contribution in [3.8, 4) is 22.9 Å². The molecule has 1 N–H and O–H groups in total. The molecule has 1 aromatic carbocycles. The lowest BCUT2D eigenvalue weighted by molar-refractivity contribution is 0.0528. The number of para-hydroxylation sites is 1. The number of aromatic nitrogens is 4. The summed E-state index contributed by atoms with van der Waals surface area (Å²) >= 11 is 0. The Labute approximate surface area is 238 Å². The van der Waals surface area contributed by atoms with Gasteiger partial charge in [0.05, 0.1) is 49.7 Å². The van der Waals surface area contributed by atoms with Gasteiger partial charge in [-0.05, 0) is 36.3 Å². The highest BCUT2D eigenvalue weighted by molar-refractivity contribution is 6.74. The fraction of sp³-hybridized carbons (Fsp3) is 0.500. The van der Waals surface area contributed by atoms with Gasteiger partial charge in [0, 0.05) is 18.5 Å². The van der Waals surface area contributed by atoms with Gasteiger partial charge in [-0.1, -0.05) is 26.8 Å². The van der Waals surface area contributed by atoms with E-state index in [1.807, 2.05) is 0 Å². The van der Waals surface area contributed by atoms with Crippen molar-refractivity contribution >= 4 is 19.8 Å². The summed E-state index contributed by atoms with van der Waals surface area (Å²) in [7, 11) is -0.590. The maximum atomic E-state index is 14.7. The standard InChI is InChI=1S/C28H35F3N6O3Si/c1-27(2,3)41(5,6)39-15-17-12-33-23(13-32-17)40-18-11-28(26(30)31)16-34-25-22(37(28)14-18)10-21(35-36-25)19-8-7-9-20(29)24(19)38-4/h7-10,12-13,18,26H,11,14-16H2,1-6H3,(H,34,36)/t18-,28+/m1/s1. The highest BCUT2D eigenvalue weighted by Gasteiger charge is 2.56. The second-order valence-electron chi connectivity index (χ2n) is 12.0. The van der Waals surface area contributed by atoms with E-state index in [-0.39, 0.29) is 36.2 Å². The minimum Gasteiger partial charge on any atom is -0.493 e. The smallest absolute Gasteiger partial charge is 0.263 e. The van der Waals surface area contributed by atoms with Crippen molar-refractivity contribution in [3.63, 3.8) is 0 Å². The van der Waals surface area contributed by atoms with Crippen molar-refractivity contribution < 1.29 is 27.1 Å². The Bertz CT molecular complexity index is 1410. The van der Waals surface area contributed by atoms with Gasteiger partial charge in [-0.2, -0.15) is 0 Å². The second kappa shape index (κ2) is 10.7. The minimum atomic E-state index is -2.68. The molecule has 0 bridgehead atoms. The van der Waals surface area contributed by atoms with Crippen molar-refractivity contribution in [1.82, 2.24) is 20.2 Å². The summed E-state index contributed by atoms with van der Waals surface area (Å²) in [6.45, 7) is 11.3. The van der Waals surface area contributed by atoms with Gasteiger partial charge in [-0.25, -0.2) is 18.2 Å². The van der Waals surface area contributed by atoms with E-state index in [1.165, 1.54) is 25.4 Å². The second-order valence-corrected chi connectivity index (χ2v) is 16.8. The number of methoxy groups -OCH3 is 1. The molecular formula is C28H35F3N6O3Si. The van der Waals surface area contributed by atoms with E-state index < -0.39 is 32.2 Å². The summed E-state index contributed by atoms with van der Waals surface area (Å²) in [6, 6.07) is 6.07. The maximum absolute atomic E-state index is 14.7. The summed E-state index contributed by atoms with van der Waals surface area (Å²) in [4.78, 5) is 10.4. The number of hydrogen-bond donors (Lipinski definition) is 1. The van der Waals surface area contributed by atoms with E-state index in [9.17, 15) is 13.2 Å². The lowest BCUT2D eigenvalue weighted by Crippen LogP contribution is -2.57. The molecule has 3 aromatic rings. The zero-order valence-corrected chi connectivity index (χ0v) is 25.0. The van der Waals surface area contributed by atoms with Gasteiger partial charge in [0.15, 0.2) is 25.7 Å². The molecule has 0 spiro atoms. The number of fused-ring (bicyclic) bond motifs is 3. The molecule has 41 heavy (non-hydrogen) atoms. The number of rotatable bonds is 8. The summed E-state index contributed by atoms with van der Waals surface area (Å²) in [6.07, 6.45) is -0.115. The van der Waals surface area contributed by atoms with Crippen LogP contribution >= 0.6 is 0 Å². The molecular weight excluding hydrogens is 553 g/mol. The van der Waals surface area contributed by atoms with Crippen LogP contribution in [0.3, 0.4) is 0 Å². The van der Waals surface area contributed by atoms with Crippen molar-refractivity contribution in [1.29, 1.82) is 0 Å². The fourth-order valence-corrected chi connectivity index (χ4v) is 5.88. The molecule has 2 atom stereocenters. The van der Waals surface area contributed by atoms with Gasteiger partial charge in [-0.15, -0.1) is 10.2 Å². The molecule has 0 saturated carbocycles. The van der Waals surface area contributed by atoms with Gasteiger partial charge in [0.2, 0.25) is 5.88 Å². The van der Waals surface area contributed by atoms with Crippen molar-refractivity contribution in [3.05, 3.63) is 48.2 Å². The molecule has 13 heteroatoms. The molecule has 9 nitrogen and oxygen atoms in total. The number of anilines is 2. The Morgan fingerprint density at radius 3 is 2.61 bits per heavy atom. The average Bonchev–Trinajstić information content (AvgIpc) is 3.32. The Morgan fingerprint density at radius 2 is 1.95 bits per heavy atom. The van der Waals surface area contributed by atoms with Gasteiger partial charge >= 0.3 is 0 Å². The summed E-state index contributed by atoms with van der Waals surface area (Å²) in [5.41, 5.74) is 0.248. The van der Waals surface area contributed by atoms with E-state index in [2.05, 4.69) is 59.3 Å². The monoisotopic (exact) mass is 588 g/mol. The Balaban J connectivity index is 1.36. The number of alkyl halides is 2. The van der Waals surface area contributed by atoms with Crippen LogP contribution in [0.15, 0.2) is 36.7 Å². The lowest BCUT2D eigenvalue weighted by atomic mass is 9.93. The predicted molar refractivity (Wildman–Crippen MR) is 152 cm³/mol. The number of nitrogens with one attached hydrogen (secondary N) is 1. The summed E-state index contributed by atoms with van der Waals surface area (Å²) in [5.74, 6) is 0.0661. The van der Waals surface area contributed by atoms with E-state index >= 15 is 0 Å². The van der Waals surface area contributed by atoms with E-state index in [0.29, 0.717) is 35.1 Å². The Hall–Kier alpha value is -3.45. The summed E-state index contributed by atoms with van der Waals surface area (Å²) < 4.78 is 61.3. The minimum absolute atomic E-state index is 0.00464. The number of halogens is 3. The molecule has 0 amide bonds. The number of benzene rings is 1. The topological polar surface area (TPSA) is 94.5 Å². The molecule has 0 aliphatic carbocycles. The average molecular weight is 589 g/mol. The zero-order chi connectivity index (χ0) is 29.6. The van der Waals surface area contributed by atoms with Crippen LogP contribution in [0.25, 0.3) is 11.3 Å². The van der Waals surface area contributed by atoms with Gasteiger partial charge in [0.25, 0.3) is 6.43 Å². The number of hydrogen-bond acceptors (Lipinski definition) is 9. The van der Waals surface area contributed by atoms with Crippen molar-refractivity contribution in [2.75, 3.05) is 30.4 Å². The first-order valence-corrected chi connectivity index (χ1v) is 16.4. The molecule has 2 aliphatic heterocycles. The van der Waals surface area contributed by atoms with Crippen LogP contribution in [-0.4, -0.2) is 66.8 Å². The first-order chi connectivity index (χ1) is 19.3. The third kappa shape index (κ3) is 5.44. The molecule has 2 aromatic heterocycles. The van der Waals surface area contributed by atoms with E-state index in [1.54, 1.807) is 23.2 Å². The molecule has 5 rings (SSSR count). The van der Waals surface area contributed by atoms with Crippen LogP contribution in [-0.2, 0) is 11.0 Å². The highest BCUT2D eigenvalue weighted by atomic mass is 28.4. The third-order valence-corrected chi connectivity index (χ3v) is 12.8. The summed E-state index contributed by atoms with van der Waals surface area (Å²) in [5, 5.41) is 11.5. The third-order valence-electron chi connectivity index (χ3n) is 8.34. The zero-order valence-electron chi connectivity index (χ0n) is 24.0. The molecule has 0 unspecified atom stereocenters. The highest BCUT2D eigenvalue weighted by Crippen LogP contribution is 2.46. The normalized spacial score (nSPS) is 20.4. The van der Waals surface area contributed by atoms with Crippen LogP contribution in [0.2, 0.25) is 18.1 Å². The fourth-order valence-electron chi connectivity index (χ4n) is 4.94. The molecule has 2 aliphatic rings. The van der Waals surface area contributed by atoms with Gasteiger partial charge in [0.1, 0.15) is 11.6 Å². The van der Waals surface area contributed by atoms with Crippen LogP contribution in [0.4, 0.5) is 24.7 Å². The molecule has 4 heterocycles. The van der Waals surface area contributed by atoms with Gasteiger partial charge < -0.3 is 24.1 Å². The Morgan fingerprint density at radius 1 is 1.17 bits per heavy atom. The first kappa shape index (κ1) is 29.1. The SMILES string of the molecule is COc1c(F)cccc1-c1cc2c(nn1)NC[C@]1(C(F)F)C[C@@H](Oc3cnc(CO[Si](C)(C)C(C)(C)C)cn3)CN21. The van der Waals surface area contributed by atoms with Gasteiger partial charge in [-0.3, -0.25) is 4.98 Å². The van der Waals surface area contributed by atoms with Crippen LogP contribution in [0.5, 0.6) is 11.6 Å². The maximum Gasteiger partial charge on any atom is 0.263 e. The molecule has 220 valence electrons. The number of ether oxygens (including phenoxy) is 2. The predicted octanol–water partition coefficient (Wildman–Crippen LogP) is 5.69. The van der Waals surface area contributed by atoms with E-state index in [0.717, 1.165) is 0 Å². The van der Waals surface area contributed by atoms with Crippen LogP contribution in [0, 0.1) is 5.82 Å². The first-order valence-electron chi connectivity index (χ1n) is 13.5. The number of nitrogens with zero attached hydrogens (tertiary/aromatic N) is 5. The quantitative estimate of drug-likeness (QED) is 0.333. The van der Waals surface area contributed by atoms with E-state index in [4.69, 9.17) is 13.9 Å². The Kier molecular flexibility index (Phi) is 7.62. The molecule has 1 saturated heterocycles.